The second-order valence-corrected chi connectivity index (χ2v) is 5.38. The summed E-state index contributed by atoms with van der Waals surface area (Å²) in [4.78, 5) is 16.3. The van der Waals surface area contributed by atoms with Gasteiger partial charge < -0.3 is 10.1 Å². The number of hydrogen-bond donors (Lipinski definition) is 1. The van der Waals surface area contributed by atoms with E-state index in [4.69, 9.17) is 4.74 Å². The van der Waals surface area contributed by atoms with Crippen molar-refractivity contribution in [2.75, 3.05) is 11.9 Å². The Morgan fingerprint density at radius 2 is 2.17 bits per heavy atom. The first-order valence-corrected chi connectivity index (χ1v) is 7.51. The summed E-state index contributed by atoms with van der Waals surface area (Å²) in [5.74, 6) is -0.534. The van der Waals surface area contributed by atoms with Gasteiger partial charge in [0.2, 0.25) is 5.91 Å². The fourth-order valence-corrected chi connectivity index (χ4v) is 2.42. The zero-order valence-corrected chi connectivity index (χ0v) is 13.4. The van der Waals surface area contributed by atoms with Crippen LogP contribution in [0.15, 0.2) is 36.5 Å². The van der Waals surface area contributed by atoms with E-state index in [1.165, 1.54) is 12.1 Å². The van der Waals surface area contributed by atoms with Gasteiger partial charge in [0.05, 0.1) is 30.6 Å². The Kier molecular flexibility index (Phi) is 4.41. The Balaban J connectivity index is 1.59. The number of aryl methyl sites for hydroxylation is 2. The molecule has 0 radical (unpaired) electrons. The van der Waals surface area contributed by atoms with Crippen LogP contribution in [-0.2, 0) is 11.8 Å². The fraction of sp³-hybridized carbons (Fsp3) is 0.235. The standard InChI is InChI=1S/C17H17FN4O2/c1-11-13-9-12(10-19-17(13)22(2)21-11)20-16(23)7-8-24-15-6-4-3-5-14(15)18/h3-6,9-10H,7-8H2,1-2H3,(H,20,23). The van der Waals surface area contributed by atoms with Gasteiger partial charge in [0.15, 0.2) is 17.2 Å². The average Bonchev–Trinajstić information content (AvgIpc) is 2.83. The summed E-state index contributed by atoms with van der Waals surface area (Å²) < 4.78 is 20.4. The van der Waals surface area contributed by atoms with Crippen molar-refractivity contribution in [3.63, 3.8) is 0 Å². The van der Waals surface area contributed by atoms with Crippen LogP contribution in [0.1, 0.15) is 12.1 Å². The molecule has 0 bridgehead atoms. The molecule has 1 N–H and O–H groups in total. The quantitative estimate of drug-likeness (QED) is 0.782. The first-order valence-electron chi connectivity index (χ1n) is 7.51. The number of carbonyl (C=O) groups is 1. The molecule has 0 unspecified atom stereocenters. The predicted octanol–water partition coefficient (Wildman–Crippen LogP) is 2.82. The van der Waals surface area contributed by atoms with Gasteiger partial charge in [0.1, 0.15) is 0 Å². The Labute approximate surface area is 138 Å². The molecule has 7 heteroatoms. The summed E-state index contributed by atoms with van der Waals surface area (Å²) in [6, 6.07) is 7.93. The molecular weight excluding hydrogens is 311 g/mol. The normalized spacial score (nSPS) is 10.8. The summed E-state index contributed by atoms with van der Waals surface area (Å²) in [6.07, 6.45) is 1.69. The minimum absolute atomic E-state index is 0.0916. The molecule has 3 rings (SSSR count). The zero-order chi connectivity index (χ0) is 17.1. The highest BCUT2D eigenvalue weighted by Gasteiger charge is 2.09. The number of aromatic nitrogens is 3. The van der Waals surface area contributed by atoms with Gasteiger partial charge >= 0.3 is 0 Å². The molecule has 0 aliphatic rings. The Morgan fingerprint density at radius 3 is 2.96 bits per heavy atom. The number of benzene rings is 1. The second kappa shape index (κ2) is 6.66. The van der Waals surface area contributed by atoms with Crippen LogP contribution in [0, 0.1) is 12.7 Å². The van der Waals surface area contributed by atoms with E-state index in [0.717, 1.165) is 16.7 Å². The number of ether oxygens (including phenoxy) is 1. The molecule has 6 nitrogen and oxygen atoms in total. The number of carbonyl (C=O) groups excluding carboxylic acids is 1. The maximum Gasteiger partial charge on any atom is 0.227 e. The number of anilines is 1. The Bertz CT molecular complexity index is 891. The molecule has 0 fully saturated rings. The SMILES string of the molecule is Cc1nn(C)c2ncc(NC(=O)CCOc3ccccc3F)cc12. The van der Waals surface area contributed by atoms with Crippen molar-refractivity contribution in [1.82, 2.24) is 14.8 Å². The van der Waals surface area contributed by atoms with Crippen molar-refractivity contribution in [2.45, 2.75) is 13.3 Å². The van der Waals surface area contributed by atoms with Gasteiger partial charge in [-0.25, -0.2) is 9.37 Å². The van der Waals surface area contributed by atoms with Gasteiger partial charge in [-0.2, -0.15) is 5.10 Å². The number of halogens is 1. The number of para-hydroxylation sites is 1. The molecule has 24 heavy (non-hydrogen) atoms. The molecule has 3 aromatic rings. The Morgan fingerprint density at radius 1 is 1.38 bits per heavy atom. The van der Waals surface area contributed by atoms with E-state index in [0.29, 0.717) is 5.69 Å². The van der Waals surface area contributed by atoms with Crippen LogP contribution >= 0.6 is 0 Å². The minimum atomic E-state index is -0.445. The van der Waals surface area contributed by atoms with E-state index >= 15 is 0 Å². The molecule has 0 saturated carbocycles. The van der Waals surface area contributed by atoms with E-state index in [2.05, 4.69) is 15.4 Å². The number of pyridine rings is 1. The number of hydrogen-bond acceptors (Lipinski definition) is 4. The van der Waals surface area contributed by atoms with E-state index < -0.39 is 5.82 Å². The van der Waals surface area contributed by atoms with Crippen molar-refractivity contribution >= 4 is 22.6 Å². The smallest absolute Gasteiger partial charge is 0.227 e. The molecule has 1 amide bonds. The van der Waals surface area contributed by atoms with Gasteiger partial charge in [-0.3, -0.25) is 9.48 Å². The third kappa shape index (κ3) is 3.34. The van der Waals surface area contributed by atoms with E-state index in [9.17, 15) is 9.18 Å². The van der Waals surface area contributed by atoms with Gasteiger partial charge in [-0.1, -0.05) is 12.1 Å². The molecule has 0 saturated heterocycles. The lowest BCUT2D eigenvalue weighted by Crippen LogP contribution is -2.15. The van der Waals surface area contributed by atoms with Crippen LogP contribution in [0.2, 0.25) is 0 Å². The summed E-state index contributed by atoms with van der Waals surface area (Å²) >= 11 is 0. The van der Waals surface area contributed by atoms with Crippen LogP contribution < -0.4 is 10.1 Å². The third-order valence-electron chi connectivity index (χ3n) is 3.57. The lowest BCUT2D eigenvalue weighted by Gasteiger charge is -2.08. The molecule has 1 aromatic carbocycles. The Hall–Kier alpha value is -2.96. The first-order chi connectivity index (χ1) is 11.5. The van der Waals surface area contributed by atoms with Crippen molar-refractivity contribution < 1.29 is 13.9 Å². The van der Waals surface area contributed by atoms with Crippen molar-refractivity contribution in [1.29, 1.82) is 0 Å². The predicted molar refractivity (Wildman–Crippen MR) is 88.4 cm³/mol. The monoisotopic (exact) mass is 328 g/mol. The number of fused-ring (bicyclic) bond motifs is 1. The molecule has 0 atom stereocenters. The molecule has 2 heterocycles. The lowest BCUT2D eigenvalue weighted by atomic mass is 10.2. The van der Waals surface area contributed by atoms with Crippen LogP contribution in [0.5, 0.6) is 5.75 Å². The van der Waals surface area contributed by atoms with Crippen LogP contribution in [-0.4, -0.2) is 27.3 Å². The van der Waals surface area contributed by atoms with Crippen LogP contribution in [0.4, 0.5) is 10.1 Å². The fourth-order valence-electron chi connectivity index (χ4n) is 2.42. The van der Waals surface area contributed by atoms with Gasteiger partial charge in [0, 0.05) is 12.4 Å². The van der Waals surface area contributed by atoms with Crippen LogP contribution in [0.25, 0.3) is 11.0 Å². The van der Waals surface area contributed by atoms with Gasteiger partial charge in [-0.15, -0.1) is 0 Å². The lowest BCUT2D eigenvalue weighted by molar-refractivity contribution is -0.116. The van der Waals surface area contributed by atoms with Gasteiger partial charge in [0.25, 0.3) is 0 Å². The molecule has 0 spiro atoms. The molecule has 0 aliphatic carbocycles. The summed E-state index contributed by atoms with van der Waals surface area (Å²) in [5.41, 5.74) is 2.20. The number of nitrogens with zero attached hydrogens (tertiary/aromatic N) is 3. The zero-order valence-electron chi connectivity index (χ0n) is 13.4. The summed E-state index contributed by atoms with van der Waals surface area (Å²) in [5, 5.41) is 7.93. The maximum atomic E-state index is 13.4. The highest BCUT2D eigenvalue weighted by atomic mass is 19.1. The maximum absolute atomic E-state index is 13.4. The number of nitrogens with one attached hydrogen (secondary N) is 1. The minimum Gasteiger partial charge on any atom is -0.490 e. The first kappa shape index (κ1) is 15.9. The van der Waals surface area contributed by atoms with E-state index in [-0.39, 0.29) is 24.7 Å². The number of amides is 1. The summed E-state index contributed by atoms with van der Waals surface area (Å²) in [6.45, 7) is 1.98. The van der Waals surface area contributed by atoms with Crippen molar-refractivity contribution in [2.24, 2.45) is 7.05 Å². The van der Waals surface area contributed by atoms with E-state index in [1.807, 2.05) is 20.0 Å². The van der Waals surface area contributed by atoms with E-state index in [1.54, 1.807) is 23.0 Å². The largest absolute Gasteiger partial charge is 0.490 e. The summed E-state index contributed by atoms with van der Waals surface area (Å²) in [7, 11) is 1.82. The number of rotatable bonds is 5. The molecule has 0 aliphatic heterocycles. The van der Waals surface area contributed by atoms with Crippen LogP contribution in [0.3, 0.4) is 0 Å². The van der Waals surface area contributed by atoms with Gasteiger partial charge in [-0.05, 0) is 25.1 Å². The highest BCUT2D eigenvalue weighted by Crippen LogP contribution is 2.19. The third-order valence-corrected chi connectivity index (χ3v) is 3.57. The molecular formula is C17H17FN4O2. The van der Waals surface area contributed by atoms with Crippen molar-refractivity contribution in [3.05, 3.63) is 48.0 Å². The molecule has 2 aromatic heterocycles. The van der Waals surface area contributed by atoms with Crippen molar-refractivity contribution in [3.8, 4) is 5.75 Å². The second-order valence-electron chi connectivity index (χ2n) is 5.38. The highest BCUT2D eigenvalue weighted by molar-refractivity contribution is 5.93. The molecule has 124 valence electrons. The topological polar surface area (TPSA) is 69.0 Å². The average molecular weight is 328 g/mol.